The zero-order valence-corrected chi connectivity index (χ0v) is 28.2. The molecule has 3 fully saturated rings. The van der Waals surface area contributed by atoms with Crippen LogP contribution in [0.2, 0.25) is 0 Å². The number of rotatable bonds is 12. The number of nitrogens with zero attached hydrogens (tertiary/aromatic N) is 4. The fraction of sp³-hybridized carbons (Fsp3) is 0.595. The van der Waals surface area contributed by atoms with Crippen molar-refractivity contribution in [3.8, 4) is 6.07 Å². The number of halogens is 2. The fourth-order valence-electron chi connectivity index (χ4n) is 8.72. The van der Waals surface area contributed by atoms with E-state index in [-0.39, 0.29) is 35.4 Å². The quantitative estimate of drug-likeness (QED) is 0.322. The van der Waals surface area contributed by atoms with Crippen LogP contribution in [0.25, 0.3) is 0 Å². The second-order valence-corrected chi connectivity index (χ2v) is 14.3. The van der Waals surface area contributed by atoms with Gasteiger partial charge in [-0.15, -0.1) is 0 Å². The molecule has 0 radical (unpaired) electrons. The van der Waals surface area contributed by atoms with Crippen molar-refractivity contribution in [1.29, 1.82) is 5.26 Å². The molecule has 2 aromatic carbocycles. The highest BCUT2D eigenvalue weighted by atomic mass is 19.1. The molecule has 2 heterocycles. The first-order valence-corrected chi connectivity index (χ1v) is 16.9. The summed E-state index contributed by atoms with van der Waals surface area (Å²) in [6.45, 7) is 4.84. The van der Waals surface area contributed by atoms with Crippen molar-refractivity contribution in [2.45, 2.75) is 63.1 Å². The predicted molar refractivity (Wildman–Crippen MR) is 178 cm³/mol. The van der Waals surface area contributed by atoms with Gasteiger partial charge in [-0.1, -0.05) is 18.6 Å². The number of anilines is 1. The summed E-state index contributed by atoms with van der Waals surface area (Å²) >= 11 is 0. The average molecular weight is 650 g/mol. The summed E-state index contributed by atoms with van der Waals surface area (Å²) in [7, 11) is 5.33. The Bertz CT molecular complexity index is 1460. The number of ether oxygens (including phenoxy) is 1. The molecule has 1 saturated carbocycles. The summed E-state index contributed by atoms with van der Waals surface area (Å²) in [5, 5.41) is 12.6. The SMILES string of the molecule is COC(=O)C[C@H]1CCC[C@@H]1[C@](CNC(C)=O)(c1cccc(F)c1)C1CCN(CC2(F)CN(c3ccc(C#N)c(CN(C)C)c3)C2)CC1. The zero-order valence-electron chi connectivity index (χ0n) is 28.2. The van der Waals surface area contributed by atoms with Crippen molar-refractivity contribution < 1.29 is 23.1 Å². The minimum Gasteiger partial charge on any atom is -0.469 e. The van der Waals surface area contributed by atoms with Crippen LogP contribution in [0.1, 0.15) is 62.1 Å². The molecular formula is C37H49F2N5O3. The van der Waals surface area contributed by atoms with Gasteiger partial charge in [0.1, 0.15) is 5.82 Å². The lowest BCUT2D eigenvalue weighted by atomic mass is 9.57. The first-order chi connectivity index (χ1) is 22.5. The zero-order chi connectivity index (χ0) is 33.8. The van der Waals surface area contributed by atoms with E-state index in [0.29, 0.717) is 57.8 Å². The standard InChI is InChI=1S/C37H49F2N5O3/c1-26(45)41-22-37(31-8-6-9-32(38)19-31,34-10-5-7-27(34)18-35(46)47-4)30-13-15-43(16-14-30)23-36(39)24-44(25-36)33-12-11-28(20-40)29(17-33)21-42(2)3/h6,8-9,11-12,17,19,27,30,34H,5,7,10,13-16,18,21-25H2,1-4H3,(H,41,45)/t27-,34+,37+/m1/s1. The van der Waals surface area contributed by atoms with Gasteiger partial charge >= 0.3 is 5.97 Å². The number of piperidine rings is 1. The number of nitriles is 1. The van der Waals surface area contributed by atoms with Crippen LogP contribution in [0, 0.1) is 34.9 Å². The van der Waals surface area contributed by atoms with Crippen LogP contribution in [0.5, 0.6) is 0 Å². The first-order valence-electron chi connectivity index (χ1n) is 16.9. The number of methoxy groups -OCH3 is 1. The molecule has 2 aromatic rings. The van der Waals surface area contributed by atoms with Crippen LogP contribution in [0.3, 0.4) is 0 Å². The van der Waals surface area contributed by atoms with E-state index >= 15 is 4.39 Å². The van der Waals surface area contributed by atoms with E-state index in [1.54, 1.807) is 12.1 Å². The second kappa shape index (κ2) is 14.7. The molecule has 0 aromatic heterocycles. The van der Waals surface area contributed by atoms with Gasteiger partial charge in [-0.2, -0.15) is 5.26 Å². The number of esters is 1. The third-order valence-corrected chi connectivity index (χ3v) is 10.8. The van der Waals surface area contributed by atoms with Gasteiger partial charge < -0.3 is 19.9 Å². The average Bonchev–Trinajstić information content (AvgIpc) is 3.48. The van der Waals surface area contributed by atoms with Crippen molar-refractivity contribution in [3.05, 3.63) is 65.0 Å². The van der Waals surface area contributed by atoms with E-state index in [0.717, 1.165) is 48.9 Å². The lowest BCUT2D eigenvalue weighted by Crippen LogP contribution is -2.64. The lowest BCUT2D eigenvalue weighted by molar-refractivity contribution is -0.142. The number of nitrogens with one attached hydrogen (secondary N) is 1. The van der Waals surface area contributed by atoms with E-state index in [1.807, 2.05) is 48.2 Å². The van der Waals surface area contributed by atoms with E-state index in [1.165, 1.54) is 20.1 Å². The molecule has 1 amide bonds. The van der Waals surface area contributed by atoms with Crippen LogP contribution in [-0.4, -0.2) is 87.8 Å². The maximum absolute atomic E-state index is 16.1. The van der Waals surface area contributed by atoms with E-state index < -0.39 is 11.1 Å². The molecule has 0 unspecified atom stereocenters. The van der Waals surface area contributed by atoms with Crippen molar-refractivity contribution in [3.63, 3.8) is 0 Å². The summed E-state index contributed by atoms with van der Waals surface area (Å²) in [6, 6.07) is 14.7. The number of hydrogen-bond acceptors (Lipinski definition) is 7. The minimum absolute atomic E-state index is 0.0596. The number of carbonyl (C=O) groups excluding carboxylic acids is 2. The number of likely N-dealkylation sites (tertiary alicyclic amines) is 1. The number of alkyl halides is 1. The summed E-state index contributed by atoms with van der Waals surface area (Å²) in [6.07, 6.45) is 4.58. The molecule has 0 spiro atoms. The second-order valence-electron chi connectivity index (χ2n) is 14.3. The minimum atomic E-state index is -1.34. The number of amides is 1. The van der Waals surface area contributed by atoms with Gasteiger partial charge in [-0.3, -0.25) is 14.5 Å². The normalized spacial score (nSPS) is 22.7. The van der Waals surface area contributed by atoms with Crippen molar-refractivity contribution >= 4 is 17.6 Å². The molecule has 5 rings (SSSR count). The Hall–Kier alpha value is -3.55. The topological polar surface area (TPSA) is 88.9 Å². The molecule has 2 saturated heterocycles. The summed E-state index contributed by atoms with van der Waals surface area (Å²) < 4.78 is 36.0. The van der Waals surface area contributed by atoms with Gasteiger partial charge in [0.25, 0.3) is 0 Å². The molecule has 3 atom stereocenters. The third-order valence-electron chi connectivity index (χ3n) is 10.8. The number of hydrogen-bond donors (Lipinski definition) is 1. The molecule has 10 heteroatoms. The fourth-order valence-corrected chi connectivity index (χ4v) is 8.72. The van der Waals surface area contributed by atoms with Crippen molar-refractivity contribution in [1.82, 2.24) is 15.1 Å². The van der Waals surface area contributed by atoms with Crippen LogP contribution < -0.4 is 10.2 Å². The van der Waals surface area contributed by atoms with Crippen LogP contribution >= 0.6 is 0 Å². The monoisotopic (exact) mass is 649 g/mol. The molecule has 0 bridgehead atoms. The van der Waals surface area contributed by atoms with Gasteiger partial charge in [0.2, 0.25) is 5.91 Å². The Morgan fingerprint density at radius 3 is 2.51 bits per heavy atom. The lowest BCUT2D eigenvalue weighted by Gasteiger charge is -2.52. The summed E-state index contributed by atoms with van der Waals surface area (Å²) in [5.41, 5.74) is 1.46. The smallest absolute Gasteiger partial charge is 0.305 e. The predicted octanol–water partition coefficient (Wildman–Crippen LogP) is 5.05. The van der Waals surface area contributed by atoms with Crippen LogP contribution in [-0.2, 0) is 26.3 Å². The van der Waals surface area contributed by atoms with Gasteiger partial charge in [-0.05, 0) is 112 Å². The number of carbonyl (C=O) groups is 2. The molecule has 2 aliphatic heterocycles. The van der Waals surface area contributed by atoms with Gasteiger partial charge in [0, 0.05) is 44.1 Å². The van der Waals surface area contributed by atoms with E-state index in [2.05, 4.69) is 16.3 Å². The number of benzene rings is 2. The van der Waals surface area contributed by atoms with Crippen LogP contribution in [0.4, 0.5) is 14.5 Å². The maximum atomic E-state index is 16.1. The molecule has 8 nitrogen and oxygen atoms in total. The highest BCUT2D eigenvalue weighted by molar-refractivity contribution is 5.73. The van der Waals surface area contributed by atoms with Crippen LogP contribution in [0.15, 0.2) is 42.5 Å². The molecule has 1 aliphatic carbocycles. The summed E-state index contributed by atoms with van der Waals surface area (Å²) in [5.74, 6) is -0.479. The molecule has 254 valence electrons. The largest absolute Gasteiger partial charge is 0.469 e. The Morgan fingerprint density at radius 2 is 1.87 bits per heavy atom. The first kappa shape index (κ1) is 34.8. The Labute approximate surface area is 278 Å². The van der Waals surface area contributed by atoms with Crippen molar-refractivity contribution in [2.24, 2.45) is 17.8 Å². The van der Waals surface area contributed by atoms with E-state index in [9.17, 15) is 19.2 Å². The van der Waals surface area contributed by atoms with Gasteiger partial charge in [0.05, 0.1) is 31.8 Å². The summed E-state index contributed by atoms with van der Waals surface area (Å²) in [4.78, 5) is 31.1. The van der Waals surface area contributed by atoms with Crippen molar-refractivity contribution in [2.75, 3.05) is 65.4 Å². The molecule has 47 heavy (non-hydrogen) atoms. The Kier molecular flexibility index (Phi) is 10.9. The van der Waals surface area contributed by atoms with Gasteiger partial charge in [0.15, 0.2) is 5.67 Å². The highest BCUT2D eigenvalue weighted by Crippen LogP contribution is 2.53. The Balaban J connectivity index is 1.32. The van der Waals surface area contributed by atoms with Gasteiger partial charge in [-0.25, -0.2) is 8.78 Å². The van der Waals surface area contributed by atoms with E-state index in [4.69, 9.17) is 4.74 Å². The molecular weight excluding hydrogens is 600 g/mol. The highest BCUT2D eigenvalue weighted by Gasteiger charge is 2.53. The molecule has 1 N–H and O–H groups in total. The Morgan fingerprint density at radius 1 is 1.13 bits per heavy atom. The molecule has 3 aliphatic rings. The third kappa shape index (κ3) is 7.79. The maximum Gasteiger partial charge on any atom is 0.305 e.